The average molecular weight is 325 g/mol. The Balaban J connectivity index is 2.16. The maximum absolute atomic E-state index is 12.7. The lowest BCUT2D eigenvalue weighted by molar-refractivity contribution is 0.0156. The number of nitrogens with zero attached hydrogens (tertiary/aromatic N) is 1. The smallest absolute Gasteiger partial charge is 0.410 e. The Labute approximate surface area is 145 Å². The van der Waals surface area contributed by atoms with E-state index in [2.05, 4.69) is 19.1 Å². The van der Waals surface area contributed by atoms with Crippen LogP contribution in [0.1, 0.15) is 38.8 Å². The summed E-state index contributed by atoms with van der Waals surface area (Å²) in [6.07, 6.45) is 0.530. The van der Waals surface area contributed by atoms with Crippen molar-refractivity contribution in [3.63, 3.8) is 0 Å². The van der Waals surface area contributed by atoms with Crippen molar-refractivity contribution < 1.29 is 9.53 Å². The van der Waals surface area contributed by atoms with Gasteiger partial charge in [-0.3, -0.25) is 0 Å². The van der Waals surface area contributed by atoms with Gasteiger partial charge in [-0.05, 0) is 45.2 Å². The molecule has 0 fully saturated rings. The van der Waals surface area contributed by atoms with Gasteiger partial charge in [-0.15, -0.1) is 0 Å². The Morgan fingerprint density at radius 2 is 1.46 bits per heavy atom. The lowest BCUT2D eigenvalue weighted by Crippen LogP contribution is -2.42. The molecule has 128 valence electrons. The lowest BCUT2D eigenvalue weighted by Gasteiger charge is -2.32. The van der Waals surface area contributed by atoms with Crippen LogP contribution in [0.15, 0.2) is 60.7 Å². The Morgan fingerprint density at radius 3 is 1.96 bits per heavy atom. The largest absolute Gasteiger partial charge is 0.444 e. The summed E-state index contributed by atoms with van der Waals surface area (Å²) in [5.41, 5.74) is 1.81. The quantitative estimate of drug-likeness (QED) is 0.769. The van der Waals surface area contributed by atoms with Crippen LogP contribution < -0.4 is 0 Å². The van der Waals surface area contributed by atoms with Gasteiger partial charge in [0, 0.05) is 12.6 Å². The second kappa shape index (κ2) is 8.00. The number of amides is 1. The van der Waals surface area contributed by atoms with E-state index in [4.69, 9.17) is 4.74 Å². The summed E-state index contributed by atoms with van der Waals surface area (Å²) >= 11 is 0. The van der Waals surface area contributed by atoms with Gasteiger partial charge >= 0.3 is 6.09 Å². The summed E-state index contributed by atoms with van der Waals surface area (Å²) < 4.78 is 5.62. The van der Waals surface area contributed by atoms with E-state index in [1.807, 2.05) is 74.2 Å². The van der Waals surface area contributed by atoms with E-state index in [1.54, 1.807) is 0 Å². The number of carbonyl (C=O) groups excluding carboxylic acids is 1. The van der Waals surface area contributed by atoms with Crippen molar-refractivity contribution in [2.45, 2.75) is 52.3 Å². The zero-order valence-electron chi connectivity index (χ0n) is 15.0. The van der Waals surface area contributed by atoms with Gasteiger partial charge in [-0.2, -0.15) is 0 Å². The van der Waals surface area contributed by atoms with Gasteiger partial charge in [0.15, 0.2) is 0 Å². The van der Waals surface area contributed by atoms with Crippen LogP contribution in [-0.4, -0.2) is 22.6 Å². The first kappa shape index (κ1) is 18.1. The van der Waals surface area contributed by atoms with Crippen LogP contribution in [0.25, 0.3) is 0 Å². The average Bonchev–Trinajstić information content (AvgIpc) is 2.52. The number of rotatable bonds is 5. The van der Waals surface area contributed by atoms with Crippen molar-refractivity contribution in [3.8, 4) is 0 Å². The molecular weight excluding hydrogens is 298 g/mol. The van der Waals surface area contributed by atoms with Crippen LogP contribution in [0.3, 0.4) is 0 Å². The normalized spacial score (nSPS) is 12.5. The van der Waals surface area contributed by atoms with Gasteiger partial charge < -0.3 is 9.64 Å². The third-order valence-corrected chi connectivity index (χ3v) is 3.73. The van der Waals surface area contributed by atoms with Crippen LogP contribution >= 0.6 is 0 Å². The number of benzene rings is 2. The molecule has 0 aliphatic heterocycles. The second-order valence-electron chi connectivity index (χ2n) is 7.13. The molecule has 3 heteroatoms. The van der Waals surface area contributed by atoms with Crippen LogP contribution in [0, 0.1) is 0 Å². The van der Waals surface area contributed by atoms with Crippen LogP contribution in [0.4, 0.5) is 4.79 Å². The molecule has 2 aromatic rings. The Hall–Kier alpha value is -2.29. The summed E-state index contributed by atoms with van der Waals surface area (Å²) in [6, 6.07) is 20.3. The van der Waals surface area contributed by atoms with Gasteiger partial charge in [-0.1, -0.05) is 60.7 Å². The fourth-order valence-electron chi connectivity index (χ4n) is 2.57. The van der Waals surface area contributed by atoms with Gasteiger partial charge in [0.1, 0.15) is 5.60 Å². The highest BCUT2D eigenvalue weighted by molar-refractivity contribution is 5.68. The Morgan fingerprint density at radius 1 is 0.958 bits per heavy atom. The predicted molar refractivity (Wildman–Crippen MR) is 97.8 cm³/mol. The van der Waals surface area contributed by atoms with Crippen molar-refractivity contribution in [2.75, 3.05) is 0 Å². The fraction of sp³-hybridized carbons (Fsp3) is 0.381. The third-order valence-electron chi connectivity index (χ3n) is 3.73. The molecule has 0 aromatic heterocycles. The van der Waals surface area contributed by atoms with Gasteiger partial charge in [0.2, 0.25) is 0 Å². The molecule has 0 aliphatic carbocycles. The minimum absolute atomic E-state index is 0.0439. The minimum Gasteiger partial charge on any atom is -0.444 e. The molecule has 0 saturated carbocycles. The molecule has 1 amide bonds. The molecule has 24 heavy (non-hydrogen) atoms. The van der Waals surface area contributed by atoms with E-state index in [0.29, 0.717) is 6.54 Å². The van der Waals surface area contributed by atoms with Crippen molar-refractivity contribution in [1.29, 1.82) is 0 Å². The molecule has 2 aromatic carbocycles. The zero-order chi connectivity index (χ0) is 17.6. The van der Waals surface area contributed by atoms with E-state index >= 15 is 0 Å². The van der Waals surface area contributed by atoms with Gasteiger partial charge in [0.25, 0.3) is 0 Å². The molecule has 1 atom stereocenters. The summed E-state index contributed by atoms with van der Waals surface area (Å²) in [4.78, 5) is 14.5. The van der Waals surface area contributed by atoms with Crippen LogP contribution in [-0.2, 0) is 17.7 Å². The second-order valence-corrected chi connectivity index (χ2v) is 7.13. The highest BCUT2D eigenvalue weighted by atomic mass is 16.6. The van der Waals surface area contributed by atoms with E-state index in [-0.39, 0.29) is 12.1 Å². The SMILES string of the molecule is C[C@@H](Cc1ccccc1)N(Cc1ccccc1)C(=O)OC(C)(C)C. The minimum atomic E-state index is -0.501. The summed E-state index contributed by atoms with van der Waals surface area (Å²) in [5, 5.41) is 0. The maximum Gasteiger partial charge on any atom is 0.410 e. The molecule has 0 radical (unpaired) electrons. The molecule has 3 nitrogen and oxygen atoms in total. The van der Waals surface area contributed by atoms with Crippen molar-refractivity contribution >= 4 is 6.09 Å². The van der Waals surface area contributed by atoms with Crippen molar-refractivity contribution in [2.24, 2.45) is 0 Å². The maximum atomic E-state index is 12.7. The van der Waals surface area contributed by atoms with Gasteiger partial charge in [-0.25, -0.2) is 4.79 Å². The van der Waals surface area contributed by atoms with Crippen molar-refractivity contribution in [3.05, 3.63) is 71.8 Å². The summed E-state index contributed by atoms with van der Waals surface area (Å²) in [7, 11) is 0. The standard InChI is InChI=1S/C21H27NO2/c1-17(15-18-11-7-5-8-12-18)22(20(23)24-21(2,3)4)16-19-13-9-6-10-14-19/h5-14,17H,15-16H2,1-4H3/t17-/m0/s1. The molecule has 0 heterocycles. The molecule has 2 rings (SSSR count). The molecule has 0 aliphatic rings. The molecule has 0 saturated heterocycles. The highest BCUT2D eigenvalue weighted by Gasteiger charge is 2.26. The first-order chi connectivity index (χ1) is 11.3. The van der Waals surface area contributed by atoms with E-state index in [0.717, 1.165) is 12.0 Å². The molecule has 0 spiro atoms. The van der Waals surface area contributed by atoms with Crippen LogP contribution in [0.2, 0.25) is 0 Å². The number of hydrogen-bond acceptors (Lipinski definition) is 2. The van der Waals surface area contributed by atoms with E-state index < -0.39 is 5.60 Å². The van der Waals surface area contributed by atoms with Gasteiger partial charge in [0.05, 0.1) is 0 Å². The number of hydrogen-bond donors (Lipinski definition) is 0. The predicted octanol–water partition coefficient (Wildman–Crippen LogP) is 5.05. The molecule has 0 unspecified atom stereocenters. The van der Waals surface area contributed by atoms with E-state index in [9.17, 15) is 4.79 Å². The van der Waals surface area contributed by atoms with Crippen LogP contribution in [0.5, 0.6) is 0 Å². The summed E-state index contributed by atoms with van der Waals surface area (Å²) in [6.45, 7) is 8.30. The number of ether oxygens (including phenoxy) is 1. The lowest BCUT2D eigenvalue weighted by atomic mass is 10.1. The fourth-order valence-corrected chi connectivity index (χ4v) is 2.57. The first-order valence-corrected chi connectivity index (χ1v) is 8.42. The van der Waals surface area contributed by atoms with E-state index in [1.165, 1.54) is 5.56 Å². The Bertz CT molecular complexity index is 632. The Kier molecular flexibility index (Phi) is 6.02. The zero-order valence-corrected chi connectivity index (χ0v) is 15.0. The molecule has 0 bridgehead atoms. The topological polar surface area (TPSA) is 29.5 Å². The monoisotopic (exact) mass is 325 g/mol. The first-order valence-electron chi connectivity index (χ1n) is 8.42. The number of carbonyl (C=O) groups is 1. The third kappa shape index (κ3) is 5.73. The highest BCUT2D eigenvalue weighted by Crippen LogP contribution is 2.17. The molecule has 0 N–H and O–H groups in total. The molecular formula is C21H27NO2. The summed E-state index contributed by atoms with van der Waals surface area (Å²) in [5.74, 6) is 0. The van der Waals surface area contributed by atoms with Crippen molar-refractivity contribution in [1.82, 2.24) is 4.90 Å².